The number of carbonyl (C=O) groups excluding carboxylic acids is 1. The smallest absolute Gasteiger partial charge is 0.407 e. The van der Waals surface area contributed by atoms with E-state index in [0.717, 1.165) is 18.4 Å². The van der Waals surface area contributed by atoms with Crippen LogP contribution in [0, 0.1) is 0 Å². The van der Waals surface area contributed by atoms with Gasteiger partial charge >= 0.3 is 12.1 Å². The summed E-state index contributed by atoms with van der Waals surface area (Å²) < 4.78 is 4.89. The second-order valence-corrected chi connectivity index (χ2v) is 4.95. The largest absolute Gasteiger partial charge is 0.468 e. The van der Waals surface area contributed by atoms with E-state index in [1.54, 1.807) is 0 Å². The van der Waals surface area contributed by atoms with Crippen LogP contribution in [0.5, 0.6) is 0 Å². The Morgan fingerprint density at radius 3 is 2.60 bits per heavy atom. The number of hydrogen-bond donors (Lipinski definition) is 1. The van der Waals surface area contributed by atoms with Crippen LogP contribution in [0.4, 0.5) is 4.79 Å². The number of likely N-dealkylation sites (tertiary alicyclic amines) is 1. The molecule has 1 aromatic carbocycles. The molecule has 5 heteroatoms. The number of amides is 1. The summed E-state index contributed by atoms with van der Waals surface area (Å²) in [6.07, 6.45) is 1.47. The molecule has 2 atom stereocenters. The first-order chi connectivity index (χ1) is 9.65. The fraction of sp³-hybridized carbons (Fsp3) is 0.467. The maximum absolute atomic E-state index is 12.1. The molecule has 108 valence electrons. The first kappa shape index (κ1) is 14.4. The maximum atomic E-state index is 12.1. The summed E-state index contributed by atoms with van der Waals surface area (Å²) in [5.41, 5.74) is 0.803. The molecule has 0 saturated carbocycles. The van der Waals surface area contributed by atoms with E-state index in [1.807, 2.05) is 30.3 Å². The molecular weight excluding hydrogens is 258 g/mol. The number of benzene rings is 1. The zero-order valence-electron chi connectivity index (χ0n) is 11.5. The first-order valence-electron chi connectivity index (χ1n) is 6.77. The molecule has 1 amide bonds. The molecule has 2 rings (SSSR count). The van der Waals surface area contributed by atoms with Crippen LogP contribution < -0.4 is 0 Å². The Bertz CT molecular complexity index is 474. The van der Waals surface area contributed by atoms with Gasteiger partial charge < -0.3 is 14.7 Å². The predicted octanol–water partition coefficient (Wildman–Crippen LogP) is 2.48. The monoisotopic (exact) mass is 277 g/mol. The van der Waals surface area contributed by atoms with Crippen molar-refractivity contribution in [2.24, 2.45) is 0 Å². The highest BCUT2D eigenvalue weighted by Gasteiger charge is 2.38. The van der Waals surface area contributed by atoms with Crippen LogP contribution in [-0.2, 0) is 9.53 Å². The standard InChI is InChI=1S/C15H19NO4/c1-20-14(17)13(11-7-3-2-4-8-11)12-9-5-6-10-16(12)15(18)19/h2-4,7-8,12-13H,5-6,9-10H2,1H3,(H,18,19). The van der Waals surface area contributed by atoms with Gasteiger partial charge in [0.15, 0.2) is 0 Å². The molecule has 0 aliphatic carbocycles. The van der Waals surface area contributed by atoms with E-state index >= 15 is 0 Å². The molecule has 1 N–H and O–H groups in total. The number of carboxylic acid groups (broad SMARTS) is 1. The van der Waals surface area contributed by atoms with Crippen LogP contribution in [0.1, 0.15) is 30.7 Å². The Labute approximate surface area is 118 Å². The quantitative estimate of drug-likeness (QED) is 0.862. The van der Waals surface area contributed by atoms with Crippen molar-refractivity contribution >= 4 is 12.1 Å². The number of ether oxygens (including phenoxy) is 1. The number of rotatable bonds is 3. The molecule has 1 aliphatic heterocycles. The number of carbonyl (C=O) groups is 2. The van der Waals surface area contributed by atoms with E-state index in [4.69, 9.17) is 4.74 Å². The van der Waals surface area contributed by atoms with E-state index < -0.39 is 12.0 Å². The molecule has 1 aliphatic rings. The average Bonchev–Trinajstić information content (AvgIpc) is 2.48. The number of esters is 1. The number of hydrogen-bond acceptors (Lipinski definition) is 3. The van der Waals surface area contributed by atoms with Gasteiger partial charge in [0.1, 0.15) is 5.92 Å². The van der Waals surface area contributed by atoms with Gasteiger partial charge in [-0.05, 0) is 24.8 Å². The molecule has 0 bridgehead atoms. The average molecular weight is 277 g/mol. The Balaban J connectivity index is 2.35. The molecule has 0 radical (unpaired) electrons. The minimum Gasteiger partial charge on any atom is -0.468 e. The Kier molecular flexibility index (Phi) is 4.61. The van der Waals surface area contributed by atoms with Crippen LogP contribution in [0.25, 0.3) is 0 Å². The van der Waals surface area contributed by atoms with Crippen molar-refractivity contribution < 1.29 is 19.4 Å². The highest BCUT2D eigenvalue weighted by molar-refractivity contribution is 5.80. The Morgan fingerprint density at radius 2 is 2.00 bits per heavy atom. The van der Waals surface area contributed by atoms with E-state index in [-0.39, 0.29) is 12.0 Å². The molecule has 0 spiro atoms. The second-order valence-electron chi connectivity index (χ2n) is 4.95. The van der Waals surface area contributed by atoms with Gasteiger partial charge in [0.05, 0.1) is 13.2 Å². The second kappa shape index (κ2) is 6.41. The summed E-state index contributed by atoms with van der Waals surface area (Å²) in [6.45, 7) is 0.473. The van der Waals surface area contributed by atoms with E-state index in [2.05, 4.69) is 0 Å². The van der Waals surface area contributed by atoms with Gasteiger partial charge in [0, 0.05) is 6.54 Å². The molecule has 1 heterocycles. The normalized spacial score (nSPS) is 20.2. The fourth-order valence-electron chi connectivity index (χ4n) is 2.84. The van der Waals surface area contributed by atoms with Gasteiger partial charge in [0.25, 0.3) is 0 Å². The van der Waals surface area contributed by atoms with Crippen LogP contribution >= 0.6 is 0 Å². The summed E-state index contributed by atoms with van der Waals surface area (Å²) in [6, 6.07) is 8.90. The highest BCUT2D eigenvalue weighted by Crippen LogP contribution is 2.31. The lowest BCUT2D eigenvalue weighted by Gasteiger charge is -2.37. The molecule has 0 aromatic heterocycles. The Hall–Kier alpha value is -2.04. The third-order valence-electron chi connectivity index (χ3n) is 3.79. The summed E-state index contributed by atoms with van der Waals surface area (Å²) in [5, 5.41) is 9.33. The van der Waals surface area contributed by atoms with Gasteiger partial charge in [-0.3, -0.25) is 4.79 Å². The van der Waals surface area contributed by atoms with E-state index in [1.165, 1.54) is 12.0 Å². The molecule has 5 nitrogen and oxygen atoms in total. The number of piperidine rings is 1. The third-order valence-corrected chi connectivity index (χ3v) is 3.79. The van der Waals surface area contributed by atoms with Crippen molar-refractivity contribution in [2.75, 3.05) is 13.7 Å². The minimum absolute atomic E-state index is 0.351. The molecular formula is C15H19NO4. The van der Waals surface area contributed by atoms with E-state index in [0.29, 0.717) is 13.0 Å². The summed E-state index contributed by atoms with van der Waals surface area (Å²) in [4.78, 5) is 24.9. The number of nitrogens with zero attached hydrogens (tertiary/aromatic N) is 1. The minimum atomic E-state index is -0.973. The molecule has 1 fully saturated rings. The lowest BCUT2D eigenvalue weighted by Crippen LogP contribution is -2.48. The van der Waals surface area contributed by atoms with Gasteiger partial charge in [-0.2, -0.15) is 0 Å². The SMILES string of the molecule is COC(=O)C(c1ccccc1)C1CCCCN1C(=O)O. The van der Waals surface area contributed by atoms with Crippen LogP contribution in [0.3, 0.4) is 0 Å². The van der Waals surface area contributed by atoms with Gasteiger partial charge in [-0.1, -0.05) is 30.3 Å². The van der Waals surface area contributed by atoms with Crippen molar-refractivity contribution in [3.05, 3.63) is 35.9 Å². The predicted molar refractivity (Wildman–Crippen MR) is 73.6 cm³/mol. The molecule has 2 unspecified atom stereocenters. The van der Waals surface area contributed by atoms with Crippen LogP contribution in [0.15, 0.2) is 30.3 Å². The molecule has 1 saturated heterocycles. The van der Waals surface area contributed by atoms with Crippen molar-refractivity contribution in [1.82, 2.24) is 4.90 Å². The number of methoxy groups -OCH3 is 1. The zero-order valence-corrected chi connectivity index (χ0v) is 11.5. The zero-order chi connectivity index (χ0) is 14.5. The van der Waals surface area contributed by atoms with Crippen molar-refractivity contribution in [2.45, 2.75) is 31.2 Å². The summed E-state index contributed by atoms with van der Waals surface area (Å²) in [7, 11) is 1.34. The highest BCUT2D eigenvalue weighted by atomic mass is 16.5. The lowest BCUT2D eigenvalue weighted by atomic mass is 9.85. The third kappa shape index (κ3) is 2.92. The fourth-order valence-corrected chi connectivity index (χ4v) is 2.84. The summed E-state index contributed by atoms with van der Waals surface area (Å²) >= 11 is 0. The van der Waals surface area contributed by atoms with Gasteiger partial charge in [-0.15, -0.1) is 0 Å². The summed E-state index contributed by atoms with van der Waals surface area (Å²) in [5.74, 6) is -0.938. The van der Waals surface area contributed by atoms with Crippen molar-refractivity contribution in [1.29, 1.82) is 0 Å². The first-order valence-corrected chi connectivity index (χ1v) is 6.77. The van der Waals surface area contributed by atoms with Crippen molar-refractivity contribution in [3.8, 4) is 0 Å². The molecule has 1 aromatic rings. The van der Waals surface area contributed by atoms with Crippen LogP contribution in [-0.4, -0.2) is 41.8 Å². The topological polar surface area (TPSA) is 66.8 Å². The lowest BCUT2D eigenvalue weighted by molar-refractivity contribution is -0.144. The van der Waals surface area contributed by atoms with E-state index in [9.17, 15) is 14.7 Å². The van der Waals surface area contributed by atoms with Gasteiger partial charge in [-0.25, -0.2) is 4.79 Å². The molecule has 20 heavy (non-hydrogen) atoms. The maximum Gasteiger partial charge on any atom is 0.407 e. The van der Waals surface area contributed by atoms with Gasteiger partial charge in [0.2, 0.25) is 0 Å². The van der Waals surface area contributed by atoms with Crippen LogP contribution in [0.2, 0.25) is 0 Å². The Morgan fingerprint density at radius 1 is 1.30 bits per heavy atom. The van der Waals surface area contributed by atoms with Crippen molar-refractivity contribution in [3.63, 3.8) is 0 Å².